The number of hydrogen-bond acceptors (Lipinski definition) is 4. The van der Waals surface area contributed by atoms with E-state index in [1.807, 2.05) is 0 Å². The van der Waals surface area contributed by atoms with Gasteiger partial charge in [0, 0.05) is 6.54 Å². The van der Waals surface area contributed by atoms with Crippen molar-refractivity contribution < 1.29 is 24.7 Å². The molecule has 0 saturated carbocycles. The highest BCUT2D eigenvalue weighted by Gasteiger charge is 2.29. The number of rotatable bonds is 6. The molecule has 92 valence electrons. The molecular formula is C9H16N2O5. The summed E-state index contributed by atoms with van der Waals surface area (Å²) in [6, 6.07) is 0. The lowest BCUT2D eigenvalue weighted by atomic mass is 9.94. The highest BCUT2D eigenvalue weighted by molar-refractivity contribution is 6.00. The molecule has 0 fully saturated rings. The SMILES string of the molecule is CC(C)C(C(=O)NO)C(=O)NCCC(=O)O. The van der Waals surface area contributed by atoms with E-state index in [4.69, 9.17) is 10.3 Å². The average Bonchev–Trinajstić information content (AvgIpc) is 2.16. The van der Waals surface area contributed by atoms with E-state index in [-0.39, 0.29) is 18.9 Å². The molecule has 0 spiro atoms. The largest absolute Gasteiger partial charge is 0.481 e. The summed E-state index contributed by atoms with van der Waals surface area (Å²) in [5.41, 5.74) is 1.41. The van der Waals surface area contributed by atoms with E-state index >= 15 is 0 Å². The molecule has 0 aliphatic rings. The summed E-state index contributed by atoms with van der Waals surface area (Å²) in [5.74, 6) is -3.76. The Morgan fingerprint density at radius 2 is 1.75 bits per heavy atom. The molecule has 0 saturated heterocycles. The molecule has 7 heteroatoms. The number of aliphatic carboxylic acids is 1. The van der Waals surface area contributed by atoms with Gasteiger partial charge in [0.25, 0.3) is 5.91 Å². The van der Waals surface area contributed by atoms with Gasteiger partial charge in [-0.25, -0.2) is 5.48 Å². The predicted molar refractivity (Wildman–Crippen MR) is 53.5 cm³/mol. The molecular weight excluding hydrogens is 216 g/mol. The molecule has 0 rings (SSSR count). The van der Waals surface area contributed by atoms with Crippen molar-refractivity contribution in [2.45, 2.75) is 20.3 Å². The zero-order valence-electron chi connectivity index (χ0n) is 9.19. The van der Waals surface area contributed by atoms with Crippen molar-refractivity contribution in [1.29, 1.82) is 0 Å². The lowest BCUT2D eigenvalue weighted by Gasteiger charge is -2.17. The summed E-state index contributed by atoms with van der Waals surface area (Å²) in [6.45, 7) is 3.25. The van der Waals surface area contributed by atoms with Crippen molar-refractivity contribution in [2.75, 3.05) is 6.54 Å². The molecule has 0 radical (unpaired) electrons. The molecule has 0 aliphatic carbocycles. The quantitative estimate of drug-likeness (QED) is 0.276. The van der Waals surface area contributed by atoms with Crippen LogP contribution in [0.5, 0.6) is 0 Å². The van der Waals surface area contributed by atoms with Crippen molar-refractivity contribution in [1.82, 2.24) is 10.8 Å². The van der Waals surface area contributed by atoms with Crippen molar-refractivity contribution in [3.8, 4) is 0 Å². The second-order valence-corrected chi connectivity index (χ2v) is 3.63. The van der Waals surface area contributed by atoms with E-state index in [9.17, 15) is 14.4 Å². The van der Waals surface area contributed by atoms with E-state index in [1.54, 1.807) is 13.8 Å². The van der Waals surface area contributed by atoms with Crippen LogP contribution in [0.2, 0.25) is 0 Å². The van der Waals surface area contributed by atoms with Crippen LogP contribution in [0.4, 0.5) is 0 Å². The third kappa shape index (κ3) is 4.74. The van der Waals surface area contributed by atoms with Crippen molar-refractivity contribution in [3.63, 3.8) is 0 Å². The summed E-state index contributed by atoms with van der Waals surface area (Å²) in [5, 5.41) is 19.1. The van der Waals surface area contributed by atoms with Gasteiger partial charge < -0.3 is 10.4 Å². The number of amides is 2. The van der Waals surface area contributed by atoms with Crippen LogP contribution < -0.4 is 10.8 Å². The molecule has 7 nitrogen and oxygen atoms in total. The minimum absolute atomic E-state index is 0.0455. The molecule has 0 aliphatic heterocycles. The van der Waals surface area contributed by atoms with Crippen molar-refractivity contribution in [3.05, 3.63) is 0 Å². The Kier molecular flexibility index (Phi) is 6.09. The Bertz CT molecular complexity index is 277. The van der Waals surface area contributed by atoms with Gasteiger partial charge in [-0.15, -0.1) is 0 Å². The van der Waals surface area contributed by atoms with Crippen LogP contribution in [-0.4, -0.2) is 34.6 Å². The number of carbonyl (C=O) groups excluding carboxylic acids is 2. The van der Waals surface area contributed by atoms with Crippen LogP contribution in [0, 0.1) is 11.8 Å². The first-order valence-corrected chi connectivity index (χ1v) is 4.83. The highest BCUT2D eigenvalue weighted by Crippen LogP contribution is 2.10. The molecule has 0 aromatic heterocycles. The summed E-state index contributed by atoms with van der Waals surface area (Å²) in [7, 11) is 0. The zero-order chi connectivity index (χ0) is 12.7. The number of carbonyl (C=O) groups is 3. The topological polar surface area (TPSA) is 116 Å². The highest BCUT2D eigenvalue weighted by atomic mass is 16.5. The predicted octanol–water partition coefficient (Wildman–Crippen LogP) is -0.645. The Morgan fingerprint density at radius 1 is 1.19 bits per heavy atom. The summed E-state index contributed by atoms with van der Waals surface area (Å²) in [4.78, 5) is 32.8. The molecule has 2 amide bonds. The standard InChI is InChI=1S/C9H16N2O5/c1-5(2)7(9(15)11-16)8(14)10-4-3-6(12)13/h5,7,16H,3-4H2,1-2H3,(H,10,14)(H,11,15)(H,12,13). The van der Waals surface area contributed by atoms with Gasteiger partial charge in [-0.3, -0.25) is 19.6 Å². The maximum absolute atomic E-state index is 11.5. The monoisotopic (exact) mass is 232 g/mol. The van der Waals surface area contributed by atoms with Crippen LogP contribution in [0.3, 0.4) is 0 Å². The molecule has 4 N–H and O–H groups in total. The average molecular weight is 232 g/mol. The number of carboxylic acids is 1. The third-order valence-corrected chi connectivity index (χ3v) is 1.98. The first kappa shape index (κ1) is 14.4. The zero-order valence-corrected chi connectivity index (χ0v) is 9.19. The molecule has 0 heterocycles. The fourth-order valence-corrected chi connectivity index (χ4v) is 1.20. The van der Waals surface area contributed by atoms with Crippen molar-refractivity contribution >= 4 is 17.8 Å². The van der Waals surface area contributed by atoms with E-state index in [0.717, 1.165) is 0 Å². The molecule has 1 unspecified atom stereocenters. The smallest absolute Gasteiger partial charge is 0.305 e. The van der Waals surface area contributed by atoms with Gasteiger partial charge >= 0.3 is 5.97 Å². The molecule has 1 atom stereocenters. The number of hydroxylamine groups is 1. The van der Waals surface area contributed by atoms with Crippen LogP contribution >= 0.6 is 0 Å². The second kappa shape index (κ2) is 6.78. The van der Waals surface area contributed by atoms with E-state index in [1.165, 1.54) is 5.48 Å². The van der Waals surface area contributed by atoms with Crippen LogP contribution in [0.25, 0.3) is 0 Å². The number of carboxylic acid groups (broad SMARTS) is 1. The number of hydrogen-bond donors (Lipinski definition) is 4. The second-order valence-electron chi connectivity index (χ2n) is 3.63. The van der Waals surface area contributed by atoms with Crippen LogP contribution in [0.15, 0.2) is 0 Å². The first-order valence-electron chi connectivity index (χ1n) is 4.83. The Hall–Kier alpha value is -1.63. The van der Waals surface area contributed by atoms with Gasteiger partial charge in [0.05, 0.1) is 6.42 Å². The molecule has 0 bridgehead atoms. The summed E-state index contributed by atoms with van der Waals surface area (Å²) in [6.07, 6.45) is -0.211. The van der Waals surface area contributed by atoms with Gasteiger partial charge in [-0.2, -0.15) is 0 Å². The maximum atomic E-state index is 11.5. The lowest BCUT2D eigenvalue weighted by Crippen LogP contribution is -2.43. The van der Waals surface area contributed by atoms with Gasteiger partial charge in [-0.05, 0) is 5.92 Å². The lowest BCUT2D eigenvalue weighted by molar-refractivity contribution is -0.142. The fraction of sp³-hybridized carbons (Fsp3) is 0.667. The molecule has 16 heavy (non-hydrogen) atoms. The fourth-order valence-electron chi connectivity index (χ4n) is 1.20. The third-order valence-electron chi connectivity index (χ3n) is 1.98. The summed E-state index contributed by atoms with van der Waals surface area (Å²) < 4.78 is 0. The Morgan fingerprint density at radius 3 is 2.12 bits per heavy atom. The minimum atomic E-state index is -1.03. The van der Waals surface area contributed by atoms with Gasteiger partial charge in [0.2, 0.25) is 5.91 Å². The molecule has 0 aromatic rings. The normalized spacial score (nSPS) is 12.0. The Balaban J connectivity index is 4.29. The maximum Gasteiger partial charge on any atom is 0.305 e. The number of nitrogens with one attached hydrogen (secondary N) is 2. The van der Waals surface area contributed by atoms with E-state index < -0.39 is 23.7 Å². The van der Waals surface area contributed by atoms with Crippen LogP contribution in [-0.2, 0) is 14.4 Å². The van der Waals surface area contributed by atoms with Crippen molar-refractivity contribution in [2.24, 2.45) is 11.8 Å². The Labute approximate surface area is 92.8 Å². The summed E-state index contributed by atoms with van der Waals surface area (Å²) >= 11 is 0. The minimum Gasteiger partial charge on any atom is -0.481 e. The van der Waals surface area contributed by atoms with Gasteiger partial charge in [-0.1, -0.05) is 13.8 Å². The first-order chi connectivity index (χ1) is 7.40. The van der Waals surface area contributed by atoms with Gasteiger partial charge in [0.1, 0.15) is 5.92 Å². The van der Waals surface area contributed by atoms with Crippen LogP contribution in [0.1, 0.15) is 20.3 Å². The molecule has 0 aromatic carbocycles. The van der Waals surface area contributed by atoms with E-state index in [2.05, 4.69) is 5.32 Å². The van der Waals surface area contributed by atoms with E-state index in [0.29, 0.717) is 0 Å². The van der Waals surface area contributed by atoms with Gasteiger partial charge in [0.15, 0.2) is 0 Å².